The summed E-state index contributed by atoms with van der Waals surface area (Å²) in [5.74, 6) is 0.612. The SMILES string of the molecule is CCCCCCCCOc1ccc2cc(C(=O)N3NN(O)c4ccccc43)ccc2c1. The van der Waals surface area contributed by atoms with Crippen LogP contribution in [0.3, 0.4) is 0 Å². The van der Waals surface area contributed by atoms with Gasteiger partial charge in [0, 0.05) is 5.56 Å². The zero-order valence-electron chi connectivity index (χ0n) is 17.9. The molecule has 2 N–H and O–H groups in total. The molecule has 4 rings (SSSR count). The van der Waals surface area contributed by atoms with E-state index in [2.05, 4.69) is 12.5 Å². The standard InChI is InChI=1S/C25H29N3O3/c1-2-3-4-5-6-9-16-31-22-15-14-19-17-21(13-12-20(19)18-22)25(29)27-23-10-7-8-11-24(23)28(30)26-27/h7-8,10-15,17-18,26,30H,2-6,9,16H2,1H3. The fourth-order valence-electron chi connectivity index (χ4n) is 3.84. The van der Waals surface area contributed by atoms with Crippen molar-refractivity contribution in [3.8, 4) is 5.75 Å². The van der Waals surface area contributed by atoms with Gasteiger partial charge in [-0.05, 0) is 53.6 Å². The molecule has 0 fully saturated rings. The van der Waals surface area contributed by atoms with Gasteiger partial charge in [-0.2, -0.15) is 5.17 Å². The summed E-state index contributed by atoms with van der Waals surface area (Å²) < 4.78 is 5.91. The first kappa shape index (κ1) is 21.2. The molecule has 0 spiro atoms. The molecule has 3 aromatic rings. The second kappa shape index (κ2) is 9.81. The van der Waals surface area contributed by atoms with Crippen LogP contribution >= 0.6 is 0 Å². The second-order valence-corrected chi connectivity index (χ2v) is 7.88. The Hall–Kier alpha value is -3.09. The number of carbonyl (C=O) groups excluding carboxylic acids is 1. The Morgan fingerprint density at radius 3 is 2.45 bits per heavy atom. The van der Waals surface area contributed by atoms with Crippen LogP contribution in [0.25, 0.3) is 10.8 Å². The highest BCUT2D eigenvalue weighted by molar-refractivity contribution is 6.10. The minimum absolute atomic E-state index is 0.241. The van der Waals surface area contributed by atoms with E-state index in [9.17, 15) is 10.0 Å². The summed E-state index contributed by atoms with van der Waals surface area (Å²) in [6, 6.07) is 18.7. The molecule has 0 aliphatic carbocycles. The molecule has 0 aromatic heterocycles. The van der Waals surface area contributed by atoms with Crippen molar-refractivity contribution in [1.82, 2.24) is 5.53 Å². The summed E-state index contributed by atoms with van der Waals surface area (Å²) in [7, 11) is 0. The van der Waals surface area contributed by atoms with Gasteiger partial charge in [0.25, 0.3) is 5.91 Å². The lowest BCUT2D eigenvalue weighted by Crippen LogP contribution is -2.46. The van der Waals surface area contributed by atoms with Crippen molar-refractivity contribution in [2.45, 2.75) is 45.4 Å². The van der Waals surface area contributed by atoms with E-state index in [-0.39, 0.29) is 5.91 Å². The highest BCUT2D eigenvalue weighted by atomic mass is 16.6. The highest BCUT2D eigenvalue weighted by Gasteiger charge is 2.29. The summed E-state index contributed by atoms with van der Waals surface area (Å²) in [5, 5.41) is 14.2. The van der Waals surface area contributed by atoms with Crippen molar-refractivity contribution in [3.63, 3.8) is 0 Å². The molecule has 1 amide bonds. The molecule has 0 radical (unpaired) electrons. The van der Waals surface area contributed by atoms with Gasteiger partial charge in [0.05, 0.1) is 12.3 Å². The summed E-state index contributed by atoms with van der Waals surface area (Å²) in [5.41, 5.74) is 4.34. The van der Waals surface area contributed by atoms with E-state index in [1.807, 2.05) is 36.4 Å². The Balaban J connectivity index is 1.40. The summed E-state index contributed by atoms with van der Waals surface area (Å²) in [6.07, 6.45) is 7.44. The van der Waals surface area contributed by atoms with Crippen LogP contribution in [0, 0.1) is 0 Å². The topological polar surface area (TPSA) is 65.0 Å². The van der Waals surface area contributed by atoms with Crippen LogP contribution in [-0.4, -0.2) is 17.7 Å². The number of ether oxygens (including phenoxy) is 1. The number of para-hydroxylation sites is 2. The molecule has 1 aliphatic rings. The van der Waals surface area contributed by atoms with Crippen LogP contribution in [-0.2, 0) is 0 Å². The lowest BCUT2D eigenvalue weighted by molar-refractivity contribution is 0.0957. The first-order chi connectivity index (χ1) is 15.2. The molecule has 1 aliphatic heterocycles. The van der Waals surface area contributed by atoms with Gasteiger partial charge in [-0.15, -0.1) is 5.53 Å². The molecular formula is C25H29N3O3. The minimum Gasteiger partial charge on any atom is -0.494 e. The van der Waals surface area contributed by atoms with Crippen LogP contribution in [0.2, 0.25) is 0 Å². The summed E-state index contributed by atoms with van der Waals surface area (Å²) >= 11 is 0. The third-order valence-electron chi connectivity index (χ3n) is 5.57. The van der Waals surface area contributed by atoms with Gasteiger partial charge >= 0.3 is 0 Å². The maximum absolute atomic E-state index is 13.0. The van der Waals surface area contributed by atoms with Crippen LogP contribution in [0.4, 0.5) is 11.4 Å². The Morgan fingerprint density at radius 2 is 1.61 bits per heavy atom. The number of nitrogens with one attached hydrogen (secondary N) is 1. The Kier molecular flexibility index (Phi) is 6.70. The lowest BCUT2D eigenvalue weighted by Gasteiger charge is -2.17. The van der Waals surface area contributed by atoms with Gasteiger partial charge in [-0.25, -0.2) is 5.01 Å². The minimum atomic E-state index is -0.241. The Bertz CT molecular complexity index is 1050. The quantitative estimate of drug-likeness (QED) is 0.426. The number of fused-ring (bicyclic) bond motifs is 2. The van der Waals surface area contributed by atoms with Gasteiger partial charge in [0.1, 0.15) is 11.4 Å². The number of benzene rings is 3. The van der Waals surface area contributed by atoms with Gasteiger partial charge < -0.3 is 4.74 Å². The molecule has 0 unspecified atom stereocenters. The Labute approximate surface area is 182 Å². The zero-order valence-corrected chi connectivity index (χ0v) is 17.9. The molecule has 6 heteroatoms. The number of unbranched alkanes of at least 4 members (excludes halogenated alkanes) is 5. The second-order valence-electron chi connectivity index (χ2n) is 7.88. The largest absolute Gasteiger partial charge is 0.494 e. The van der Waals surface area contributed by atoms with Gasteiger partial charge in [-0.1, -0.05) is 63.3 Å². The van der Waals surface area contributed by atoms with E-state index in [1.165, 1.54) is 37.1 Å². The number of rotatable bonds is 9. The zero-order chi connectivity index (χ0) is 21.6. The van der Waals surface area contributed by atoms with E-state index in [4.69, 9.17) is 4.74 Å². The monoisotopic (exact) mass is 419 g/mol. The number of anilines is 2. The van der Waals surface area contributed by atoms with Crippen molar-refractivity contribution in [1.29, 1.82) is 0 Å². The molecule has 6 nitrogen and oxygen atoms in total. The van der Waals surface area contributed by atoms with Crippen LogP contribution < -0.4 is 20.5 Å². The highest BCUT2D eigenvalue weighted by Crippen LogP contribution is 2.33. The predicted molar refractivity (Wildman–Crippen MR) is 123 cm³/mol. The van der Waals surface area contributed by atoms with Gasteiger partial charge in [0.2, 0.25) is 0 Å². The molecule has 3 aromatic carbocycles. The van der Waals surface area contributed by atoms with E-state index in [0.29, 0.717) is 16.9 Å². The van der Waals surface area contributed by atoms with Crippen LogP contribution in [0.15, 0.2) is 60.7 Å². The first-order valence-corrected chi connectivity index (χ1v) is 11.0. The normalized spacial score (nSPS) is 13.0. The molecular weight excluding hydrogens is 390 g/mol. The number of hydrazine groups is 2. The number of nitrogens with zero attached hydrogens (tertiary/aromatic N) is 2. The number of carbonyl (C=O) groups is 1. The van der Waals surface area contributed by atoms with E-state index in [1.54, 1.807) is 24.3 Å². The molecule has 1 heterocycles. The van der Waals surface area contributed by atoms with Crippen molar-refractivity contribution in [3.05, 3.63) is 66.2 Å². The average Bonchev–Trinajstić information content (AvgIpc) is 3.14. The summed E-state index contributed by atoms with van der Waals surface area (Å²) in [6.45, 7) is 2.96. The van der Waals surface area contributed by atoms with Crippen molar-refractivity contribution >= 4 is 28.1 Å². The number of hydrogen-bond donors (Lipinski definition) is 2. The number of hydrogen-bond acceptors (Lipinski definition) is 5. The van der Waals surface area contributed by atoms with E-state index >= 15 is 0 Å². The maximum atomic E-state index is 13.0. The van der Waals surface area contributed by atoms with Crippen LogP contribution in [0.1, 0.15) is 55.8 Å². The van der Waals surface area contributed by atoms with Crippen LogP contribution in [0.5, 0.6) is 5.75 Å². The molecule has 0 saturated carbocycles. The molecule has 0 saturated heterocycles. The maximum Gasteiger partial charge on any atom is 0.274 e. The molecule has 0 atom stereocenters. The molecule has 162 valence electrons. The smallest absolute Gasteiger partial charge is 0.274 e. The van der Waals surface area contributed by atoms with Gasteiger partial charge in [-0.3, -0.25) is 10.0 Å². The third kappa shape index (κ3) is 4.81. The lowest BCUT2D eigenvalue weighted by atomic mass is 10.1. The first-order valence-electron chi connectivity index (χ1n) is 11.0. The summed E-state index contributed by atoms with van der Waals surface area (Å²) in [4.78, 5) is 13.0. The van der Waals surface area contributed by atoms with E-state index < -0.39 is 0 Å². The fraction of sp³-hybridized carbons (Fsp3) is 0.320. The molecule has 31 heavy (non-hydrogen) atoms. The van der Waals surface area contributed by atoms with Crippen molar-refractivity contribution < 1.29 is 14.7 Å². The predicted octanol–water partition coefficient (Wildman–Crippen LogP) is 5.85. The molecule has 0 bridgehead atoms. The number of amides is 1. The fourth-order valence-corrected chi connectivity index (χ4v) is 3.84. The van der Waals surface area contributed by atoms with Crippen molar-refractivity contribution in [2.24, 2.45) is 0 Å². The van der Waals surface area contributed by atoms with E-state index in [0.717, 1.165) is 34.7 Å². The third-order valence-corrected chi connectivity index (χ3v) is 5.57. The van der Waals surface area contributed by atoms with Gasteiger partial charge in [0.15, 0.2) is 0 Å². The van der Waals surface area contributed by atoms with Crippen molar-refractivity contribution in [2.75, 3.05) is 16.8 Å². The Morgan fingerprint density at radius 1 is 0.903 bits per heavy atom. The average molecular weight is 420 g/mol.